The maximum absolute atomic E-state index is 5.37. The summed E-state index contributed by atoms with van der Waals surface area (Å²) in [6.07, 6.45) is 3.65. The van der Waals surface area contributed by atoms with Gasteiger partial charge in [-0.1, -0.05) is 0 Å². The molecule has 0 bridgehead atoms. The van der Waals surface area contributed by atoms with E-state index in [4.69, 9.17) is 4.74 Å². The average Bonchev–Trinajstić information content (AvgIpc) is 3.05. The lowest BCUT2D eigenvalue weighted by Gasteiger charge is -2.10. The number of nitrogens with one attached hydrogen (secondary N) is 2. The summed E-state index contributed by atoms with van der Waals surface area (Å²) in [6.45, 7) is 4.05. The van der Waals surface area contributed by atoms with Crippen molar-refractivity contribution in [3.05, 3.63) is 47.8 Å². The van der Waals surface area contributed by atoms with Crippen LogP contribution >= 0.6 is 0 Å². The Morgan fingerprint density at radius 3 is 2.83 bits per heavy atom. The van der Waals surface area contributed by atoms with Crippen molar-refractivity contribution in [1.29, 1.82) is 0 Å². The fourth-order valence-electron chi connectivity index (χ4n) is 2.93. The number of rotatable bonds is 3. The quantitative estimate of drug-likeness (QED) is 0.599. The van der Waals surface area contributed by atoms with Gasteiger partial charge in [-0.05, 0) is 43.7 Å². The van der Waals surface area contributed by atoms with Crippen molar-refractivity contribution < 1.29 is 4.74 Å². The number of nitrogens with zero attached hydrogens (tertiary/aromatic N) is 3. The van der Waals surface area contributed by atoms with Gasteiger partial charge in [0.15, 0.2) is 0 Å². The molecule has 2 heterocycles. The van der Waals surface area contributed by atoms with Crippen molar-refractivity contribution in [1.82, 2.24) is 20.2 Å². The van der Waals surface area contributed by atoms with E-state index < -0.39 is 0 Å². The first-order chi connectivity index (χ1) is 11.7. The zero-order valence-corrected chi connectivity index (χ0v) is 13.7. The summed E-state index contributed by atoms with van der Waals surface area (Å²) in [6, 6.07) is 7.96. The number of anilines is 2. The molecule has 0 saturated heterocycles. The van der Waals surface area contributed by atoms with E-state index in [-0.39, 0.29) is 0 Å². The van der Waals surface area contributed by atoms with E-state index in [1.165, 1.54) is 0 Å². The highest BCUT2D eigenvalue weighted by Gasteiger charge is 2.09. The number of fused-ring (bicyclic) bond motifs is 2. The van der Waals surface area contributed by atoms with Crippen LogP contribution < -0.4 is 10.1 Å². The fourth-order valence-corrected chi connectivity index (χ4v) is 2.93. The predicted molar refractivity (Wildman–Crippen MR) is 94.9 cm³/mol. The molecule has 2 aromatic heterocycles. The molecule has 24 heavy (non-hydrogen) atoms. The Kier molecular flexibility index (Phi) is 3.30. The molecule has 0 spiro atoms. The first kappa shape index (κ1) is 14.4. The number of aryl methyl sites for hydroxylation is 2. The summed E-state index contributed by atoms with van der Waals surface area (Å²) in [4.78, 5) is 9.06. The number of hydrogen-bond donors (Lipinski definition) is 2. The molecule has 0 unspecified atom stereocenters. The number of hydrogen-bond acceptors (Lipinski definition) is 5. The highest BCUT2D eigenvalue weighted by atomic mass is 16.5. The zero-order chi connectivity index (χ0) is 16.7. The molecule has 0 fully saturated rings. The molecule has 0 aliphatic heterocycles. The molecular formula is C18H17N5O. The third-order valence-corrected chi connectivity index (χ3v) is 4.20. The Bertz CT molecular complexity index is 1050. The number of benzene rings is 2. The maximum atomic E-state index is 5.37. The number of aromatic nitrogens is 4. The lowest BCUT2D eigenvalue weighted by atomic mass is 10.1. The second-order valence-electron chi connectivity index (χ2n) is 5.77. The molecule has 4 aromatic rings. The third kappa shape index (κ3) is 2.32. The molecule has 0 aliphatic carbocycles. The van der Waals surface area contributed by atoms with E-state index in [0.29, 0.717) is 5.95 Å². The molecule has 0 radical (unpaired) electrons. The third-order valence-electron chi connectivity index (χ3n) is 4.20. The average molecular weight is 319 g/mol. The van der Waals surface area contributed by atoms with Gasteiger partial charge in [0.25, 0.3) is 0 Å². The first-order valence-corrected chi connectivity index (χ1v) is 7.67. The minimum absolute atomic E-state index is 0.553. The monoisotopic (exact) mass is 319 g/mol. The van der Waals surface area contributed by atoms with Gasteiger partial charge >= 0.3 is 0 Å². The van der Waals surface area contributed by atoms with E-state index in [0.717, 1.165) is 44.4 Å². The zero-order valence-electron chi connectivity index (χ0n) is 13.7. The van der Waals surface area contributed by atoms with E-state index >= 15 is 0 Å². The van der Waals surface area contributed by atoms with Gasteiger partial charge in [-0.15, -0.1) is 0 Å². The van der Waals surface area contributed by atoms with Crippen LogP contribution in [0, 0.1) is 13.8 Å². The van der Waals surface area contributed by atoms with Crippen molar-refractivity contribution in [3.63, 3.8) is 0 Å². The van der Waals surface area contributed by atoms with E-state index in [2.05, 4.69) is 38.5 Å². The normalized spacial score (nSPS) is 11.1. The smallest absolute Gasteiger partial charge is 0.227 e. The minimum atomic E-state index is 0.553. The standard InChI is InChI=1S/C18H17N5O/c1-10-6-13(7-15-14(10)9-20-23-15)21-18-19-8-12-4-5-16(24-3)11(2)17(12)22-18/h4-9H,1-3H3,(H,20,23)(H,19,21,22). The van der Waals surface area contributed by atoms with Crippen LogP contribution in [0.2, 0.25) is 0 Å². The van der Waals surface area contributed by atoms with Crippen molar-refractivity contribution in [3.8, 4) is 5.75 Å². The van der Waals surface area contributed by atoms with Gasteiger partial charge in [-0.3, -0.25) is 5.10 Å². The molecule has 0 atom stereocenters. The summed E-state index contributed by atoms with van der Waals surface area (Å²) in [5.41, 5.74) is 4.93. The van der Waals surface area contributed by atoms with Crippen LogP contribution in [0.5, 0.6) is 5.75 Å². The number of methoxy groups -OCH3 is 1. The molecule has 0 amide bonds. The Labute approximate surface area is 138 Å². The Morgan fingerprint density at radius 1 is 1.12 bits per heavy atom. The lowest BCUT2D eigenvalue weighted by molar-refractivity contribution is 0.412. The van der Waals surface area contributed by atoms with Crippen LogP contribution in [0.15, 0.2) is 36.7 Å². The first-order valence-electron chi connectivity index (χ1n) is 7.67. The molecule has 4 rings (SSSR count). The van der Waals surface area contributed by atoms with Gasteiger partial charge < -0.3 is 10.1 Å². The number of H-pyrrole nitrogens is 1. The number of aromatic amines is 1. The highest BCUT2D eigenvalue weighted by molar-refractivity contribution is 5.87. The highest BCUT2D eigenvalue weighted by Crippen LogP contribution is 2.27. The molecule has 6 heteroatoms. The topological polar surface area (TPSA) is 75.7 Å². The Hall–Kier alpha value is -3.15. The van der Waals surface area contributed by atoms with Crippen LogP contribution in [0.1, 0.15) is 11.1 Å². The fraction of sp³-hybridized carbons (Fsp3) is 0.167. The lowest BCUT2D eigenvalue weighted by Crippen LogP contribution is -1.99. The van der Waals surface area contributed by atoms with Gasteiger partial charge in [-0.2, -0.15) is 5.10 Å². The van der Waals surface area contributed by atoms with E-state index in [1.54, 1.807) is 7.11 Å². The van der Waals surface area contributed by atoms with Gasteiger partial charge in [0.1, 0.15) is 5.75 Å². The van der Waals surface area contributed by atoms with Crippen LogP contribution in [0.4, 0.5) is 11.6 Å². The molecule has 120 valence electrons. The van der Waals surface area contributed by atoms with Crippen molar-refractivity contribution in [2.24, 2.45) is 0 Å². The molecular weight excluding hydrogens is 302 g/mol. The summed E-state index contributed by atoms with van der Waals surface area (Å²) in [7, 11) is 1.66. The van der Waals surface area contributed by atoms with Gasteiger partial charge in [-0.25, -0.2) is 9.97 Å². The molecule has 0 aliphatic rings. The van der Waals surface area contributed by atoms with Crippen molar-refractivity contribution in [2.45, 2.75) is 13.8 Å². The summed E-state index contributed by atoms with van der Waals surface area (Å²) >= 11 is 0. The number of ether oxygens (including phenoxy) is 1. The second kappa shape index (κ2) is 5.49. The Morgan fingerprint density at radius 2 is 2.00 bits per heavy atom. The van der Waals surface area contributed by atoms with E-state index in [1.807, 2.05) is 37.5 Å². The Balaban J connectivity index is 1.76. The van der Waals surface area contributed by atoms with Crippen LogP contribution in [-0.2, 0) is 0 Å². The predicted octanol–water partition coefficient (Wildman–Crippen LogP) is 3.88. The summed E-state index contributed by atoms with van der Waals surface area (Å²) in [5.74, 6) is 1.37. The summed E-state index contributed by atoms with van der Waals surface area (Å²) in [5, 5.41) is 12.4. The second-order valence-corrected chi connectivity index (χ2v) is 5.77. The van der Waals surface area contributed by atoms with E-state index in [9.17, 15) is 0 Å². The van der Waals surface area contributed by atoms with Crippen LogP contribution in [0.25, 0.3) is 21.8 Å². The molecule has 2 aromatic carbocycles. The molecule has 6 nitrogen and oxygen atoms in total. The molecule has 0 saturated carbocycles. The van der Waals surface area contributed by atoms with Gasteiger partial charge in [0.2, 0.25) is 5.95 Å². The maximum Gasteiger partial charge on any atom is 0.227 e. The van der Waals surface area contributed by atoms with Gasteiger partial charge in [0.05, 0.1) is 24.3 Å². The van der Waals surface area contributed by atoms with Crippen LogP contribution in [0.3, 0.4) is 0 Å². The van der Waals surface area contributed by atoms with Crippen molar-refractivity contribution in [2.75, 3.05) is 12.4 Å². The van der Waals surface area contributed by atoms with Gasteiger partial charge in [0, 0.05) is 28.2 Å². The molecule has 2 N–H and O–H groups in total. The summed E-state index contributed by atoms with van der Waals surface area (Å²) < 4.78 is 5.37. The van der Waals surface area contributed by atoms with Crippen LogP contribution in [-0.4, -0.2) is 27.3 Å². The van der Waals surface area contributed by atoms with Crippen molar-refractivity contribution >= 4 is 33.4 Å². The SMILES string of the molecule is COc1ccc2cnc(Nc3cc(C)c4cn[nH]c4c3)nc2c1C. The largest absolute Gasteiger partial charge is 0.496 e. The minimum Gasteiger partial charge on any atom is -0.496 e.